The molecule has 150 valence electrons. The number of nitrogens with zero attached hydrogens (tertiary/aromatic N) is 1. The Kier molecular flexibility index (Phi) is 7.38. The Hall–Kier alpha value is -2.63. The highest BCUT2D eigenvalue weighted by molar-refractivity contribution is 5.52. The Balaban J connectivity index is 2.12. The third kappa shape index (κ3) is 4.80. The minimum Gasteiger partial charge on any atom is -0.373 e. The molecule has 2 rings (SSSR count). The first-order valence-electron chi connectivity index (χ1n) is 8.83. The predicted octanol–water partition coefficient (Wildman–Crippen LogP) is 6.30. The third-order valence-electron chi connectivity index (χ3n) is 4.45. The van der Waals surface area contributed by atoms with Crippen LogP contribution in [0.15, 0.2) is 49.1 Å². The van der Waals surface area contributed by atoms with Crippen LogP contribution in [0, 0.1) is 29.1 Å². The topological polar surface area (TPSA) is 3.24 Å². The van der Waals surface area contributed by atoms with Gasteiger partial charge in [0, 0.05) is 25.6 Å². The van der Waals surface area contributed by atoms with E-state index in [1.54, 1.807) is 18.2 Å². The van der Waals surface area contributed by atoms with Crippen molar-refractivity contribution in [1.82, 2.24) is 0 Å². The maximum absolute atomic E-state index is 14.4. The Bertz CT molecular complexity index is 827. The van der Waals surface area contributed by atoms with E-state index in [4.69, 9.17) is 0 Å². The maximum Gasteiger partial charge on any atom is 0.185 e. The van der Waals surface area contributed by atoms with Crippen LogP contribution in [-0.4, -0.2) is 14.1 Å². The molecule has 0 bridgehead atoms. The molecule has 0 aliphatic heterocycles. The Morgan fingerprint density at radius 2 is 1.46 bits per heavy atom. The number of benzene rings is 2. The van der Waals surface area contributed by atoms with Gasteiger partial charge in [-0.15, -0.1) is 6.58 Å². The predicted molar refractivity (Wildman–Crippen MR) is 102 cm³/mol. The van der Waals surface area contributed by atoms with Crippen LogP contribution < -0.4 is 4.90 Å². The summed E-state index contributed by atoms with van der Waals surface area (Å²) in [5.74, 6) is -6.83. The van der Waals surface area contributed by atoms with E-state index in [1.807, 2.05) is 6.08 Å². The van der Waals surface area contributed by atoms with Gasteiger partial charge in [0.05, 0.1) is 0 Å². The van der Waals surface area contributed by atoms with Crippen molar-refractivity contribution in [3.8, 4) is 0 Å². The lowest BCUT2D eigenvalue weighted by Gasteiger charge is -2.20. The molecular weight excluding hydrogens is 373 g/mol. The van der Waals surface area contributed by atoms with E-state index in [-0.39, 0.29) is 12.2 Å². The monoisotopic (exact) mass is 395 g/mol. The highest BCUT2D eigenvalue weighted by atomic mass is 19.2. The minimum absolute atomic E-state index is 0.234. The molecule has 0 aliphatic rings. The van der Waals surface area contributed by atoms with Gasteiger partial charge in [-0.25, -0.2) is 22.0 Å². The zero-order valence-corrected chi connectivity index (χ0v) is 15.8. The second-order valence-corrected chi connectivity index (χ2v) is 6.63. The molecule has 0 aromatic heterocycles. The zero-order chi connectivity index (χ0) is 20.8. The average Bonchev–Trinajstić information content (AvgIpc) is 2.66. The van der Waals surface area contributed by atoms with Gasteiger partial charge in [-0.3, -0.25) is 0 Å². The molecule has 0 N–H and O–H groups in total. The third-order valence-corrected chi connectivity index (χ3v) is 4.45. The van der Waals surface area contributed by atoms with Crippen molar-refractivity contribution in [3.05, 3.63) is 89.3 Å². The van der Waals surface area contributed by atoms with Gasteiger partial charge in [-0.2, -0.15) is 0 Å². The van der Waals surface area contributed by atoms with Crippen molar-refractivity contribution in [1.29, 1.82) is 0 Å². The van der Waals surface area contributed by atoms with Crippen LogP contribution in [0.4, 0.5) is 27.6 Å². The molecule has 28 heavy (non-hydrogen) atoms. The van der Waals surface area contributed by atoms with E-state index in [0.29, 0.717) is 12.8 Å². The van der Waals surface area contributed by atoms with Gasteiger partial charge in [-0.1, -0.05) is 30.4 Å². The van der Waals surface area contributed by atoms with Gasteiger partial charge in [-0.05, 0) is 37.0 Å². The molecule has 6 heteroatoms. The lowest BCUT2D eigenvalue weighted by atomic mass is 9.92. The maximum atomic E-state index is 14.4. The van der Waals surface area contributed by atoms with Crippen LogP contribution in [0.1, 0.15) is 29.9 Å². The molecule has 0 spiro atoms. The van der Waals surface area contributed by atoms with E-state index >= 15 is 0 Å². The van der Waals surface area contributed by atoms with E-state index in [1.165, 1.54) is 32.3 Å². The van der Waals surface area contributed by atoms with Crippen LogP contribution in [0.5, 0.6) is 0 Å². The first-order valence-corrected chi connectivity index (χ1v) is 8.83. The summed E-state index contributed by atoms with van der Waals surface area (Å²) in [7, 11) is 2.61. The van der Waals surface area contributed by atoms with E-state index in [0.717, 1.165) is 10.5 Å². The summed E-state index contributed by atoms with van der Waals surface area (Å²) < 4.78 is 70.1. The van der Waals surface area contributed by atoms with Gasteiger partial charge < -0.3 is 4.90 Å². The van der Waals surface area contributed by atoms with Crippen LogP contribution in [0.3, 0.4) is 0 Å². The fourth-order valence-electron chi connectivity index (χ4n) is 2.97. The van der Waals surface area contributed by atoms with Gasteiger partial charge in [0.2, 0.25) is 0 Å². The summed E-state index contributed by atoms with van der Waals surface area (Å²) in [5.41, 5.74) is -0.485. The molecular formula is C22H22F5N. The highest BCUT2D eigenvalue weighted by Gasteiger charge is 2.29. The molecule has 2 aromatic rings. The molecule has 0 radical (unpaired) electrons. The van der Waals surface area contributed by atoms with Crippen molar-refractivity contribution in [3.63, 3.8) is 0 Å². The minimum atomic E-state index is -1.42. The van der Waals surface area contributed by atoms with Crippen molar-refractivity contribution >= 4 is 5.69 Å². The van der Waals surface area contributed by atoms with E-state index in [9.17, 15) is 22.0 Å². The highest BCUT2D eigenvalue weighted by Crippen LogP contribution is 2.35. The van der Waals surface area contributed by atoms with Gasteiger partial charge in [0.1, 0.15) is 11.5 Å². The molecule has 0 fully saturated rings. The van der Waals surface area contributed by atoms with Crippen molar-refractivity contribution < 1.29 is 22.0 Å². The van der Waals surface area contributed by atoms with Gasteiger partial charge in [0.25, 0.3) is 0 Å². The van der Waals surface area contributed by atoms with Gasteiger partial charge in [0.15, 0.2) is 23.3 Å². The van der Waals surface area contributed by atoms with E-state index in [2.05, 4.69) is 6.58 Å². The zero-order valence-electron chi connectivity index (χ0n) is 15.8. The second-order valence-electron chi connectivity index (χ2n) is 6.63. The number of hydrogen-bond donors (Lipinski definition) is 0. The van der Waals surface area contributed by atoms with Crippen LogP contribution in [0.2, 0.25) is 0 Å². The van der Waals surface area contributed by atoms with Crippen LogP contribution in [-0.2, 0) is 6.42 Å². The number of halogens is 5. The Morgan fingerprint density at radius 3 is 1.96 bits per heavy atom. The molecule has 0 aliphatic carbocycles. The normalized spacial score (nSPS) is 12.4. The number of allylic oxidation sites excluding steroid dienone is 3. The number of anilines is 1. The molecule has 2 aromatic carbocycles. The molecule has 0 saturated carbocycles. The van der Waals surface area contributed by atoms with Crippen LogP contribution in [0.25, 0.3) is 0 Å². The Labute approximate surface area is 161 Å². The molecule has 0 saturated heterocycles. The average molecular weight is 395 g/mol. The summed E-state index contributed by atoms with van der Waals surface area (Å²) >= 11 is 0. The van der Waals surface area contributed by atoms with Crippen molar-refractivity contribution in [2.24, 2.45) is 0 Å². The smallest absolute Gasteiger partial charge is 0.185 e. The summed E-state index contributed by atoms with van der Waals surface area (Å²) in [6.45, 7) is 3.54. The summed E-state index contributed by atoms with van der Waals surface area (Å²) in [6, 6.07) is 6.05. The molecule has 0 amide bonds. The fourth-order valence-corrected chi connectivity index (χ4v) is 2.97. The van der Waals surface area contributed by atoms with Gasteiger partial charge >= 0.3 is 0 Å². The quantitative estimate of drug-likeness (QED) is 0.288. The number of hydrogen-bond acceptors (Lipinski definition) is 1. The lowest BCUT2D eigenvalue weighted by molar-refractivity contribution is 0.432. The summed E-state index contributed by atoms with van der Waals surface area (Å²) in [4.78, 5) is 0.988. The largest absolute Gasteiger partial charge is 0.373 e. The lowest BCUT2D eigenvalue weighted by Crippen LogP contribution is -2.18. The molecule has 1 atom stereocenters. The van der Waals surface area contributed by atoms with Crippen molar-refractivity contribution in [2.45, 2.75) is 25.2 Å². The standard InChI is InChI=1S/C22H22F5N/c1-4-15(9-7-5-6-8-14-10-12-16(23)13-11-14)17-18(24)20(26)22(28(2)3)21(27)19(17)25/h4-6,10-13,15H,1,7-9H2,2-3H3/b6-5+. The van der Waals surface area contributed by atoms with E-state index < -0.39 is 40.4 Å². The molecule has 1 unspecified atom stereocenters. The summed E-state index contributed by atoms with van der Waals surface area (Å²) in [5, 5.41) is 0. The second kappa shape index (κ2) is 9.53. The van der Waals surface area contributed by atoms with Crippen LogP contribution >= 0.6 is 0 Å². The van der Waals surface area contributed by atoms with Crippen molar-refractivity contribution in [2.75, 3.05) is 19.0 Å². The fraction of sp³-hybridized carbons (Fsp3) is 0.273. The number of rotatable bonds is 8. The Morgan fingerprint density at radius 1 is 0.893 bits per heavy atom. The molecule has 0 heterocycles. The molecule has 1 nitrogen and oxygen atoms in total. The SMILES string of the molecule is C=CC(CC/C=C/Cc1ccc(F)cc1)c1c(F)c(F)c(N(C)C)c(F)c1F. The summed E-state index contributed by atoms with van der Waals surface area (Å²) in [6.07, 6.45) is 6.16. The first-order chi connectivity index (χ1) is 13.3. The first kappa shape index (κ1) is 21.7.